The Kier molecular flexibility index (Phi) is 4.44. The minimum Gasteiger partial charge on any atom is -0.455 e. The summed E-state index contributed by atoms with van der Waals surface area (Å²) in [6, 6.07) is 6.69. The van der Waals surface area contributed by atoms with Crippen LogP contribution in [0.5, 0.6) is 0 Å². The molecule has 6 rings (SSSR count). The molecule has 0 spiro atoms. The third-order valence-corrected chi connectivity index (χ3v) is 7.40. The van der Waals surface area contributed by atoms with Crippen molar-refractivity contribution in [2.24, 2.45) is 23.2 Å². The number of carbonyl (C=O) groups is 2. The predicted octanol–water partition coefficient (Wildman–Crippen LogP) is 4.08. The van der Waals surface area contributed by atoms with Gasteiger partial charge in [-0.05, 0) is 75.2 Å². The number of hydrogen-bond donors (Lipinski definition) is 0. The van der Waals surface area contributed by atoms with Crippen molar-refractivity contribution >= 4 is 11.9 Å². The van der Waals surface area contributed by atoms with Crippen LogP contribution in [0.15, 0.2) is 24.3 Å². The number of hydrogen-bond acceptors (Lipinski definition) is 3. The van der Waals surface area contributed by atoms with Crippen molar-refractivity contribution in [3.63, 3.8) is 0 Å². The number of esters is 1. The highest BCUT2D eigenvalue weighted by molar-refractivity contribution is 5.83. The summed E-state index contributed by atoms with van der Waals surface area (Å²) in [5.41, 5.74) is 0.167. The van der Waals surface area contributed by atoms with Crippen LogP contribution in [0.25, 0.3) is 0 Å². The van der Waals surface area contributed by atoms with E-state index in [1.165, 1.54) is 25.3 Å². The van der Waals surface area contributed by atoms with Gasteiger partial charge >= 0.3 is 5.97 Å². The topological polar surface area (TPSA) is 46.6 Å². The van der Waals surface area contributed by atoms with Crippen molar-refractivity contribution in [2.75, 3.05) is 6.61 Å². The molecule has 150 valence electrons. The SMILES string of the molecule is O=C(COC(=O)C12CC3CC(CC(C3)C1)C2)N(Cc1ccccc1F)C1CC1. The van der Waals surface area contributed by atoms with Gasteiger partial charge in [-0.25, -0.2) is 4.39 Å². The van der Waals surface area contributed by atoms with E-state index in [1.807, 2.05) is 0 Å². The van der Waals surface area contributed by atoms with Crippen LogP contribution in [0.3, 0.4) is 0 Å². The van der Waals surface area contributed by atoms with Crippen molar-refractivity contribution in [3.05, 3.63) is 35.6 Å². The summed E-state index contributed by atoms with van der Waals surface area (Å²) in [4.78, 5) is 27.5. The minimum atomic E-state index is -0.342. The second-order valence-corrected chi connectivity index (χ2v) is 9.62. The molecule has 4 bridgehead atoms. The molecule has 4 nitrogen and oxygen atoms in total. The van der Waals surface area contributed by atoms with Gasteiger partial charge in [-0.1, -0.05) is 18.2 Å². The second kappa shape index (κ2) is 6.85. The lowest BCUT2D eigenvalue weighted by Crippen LogP contribution is -2.51. The number of benzene rings is 1. The summed E-state index contributed by atoms with van der Waals surface area (Å²) in [6.07, 6.45) is 8.48. The Morgan fingerprint density at radius 2 is 1.64 bits per heavy atom. The van der Waals surface area contributed by atoms with Gasteiger partial charge in [-0.2, -0.15) is 0 Å². The van der Waals surface area contributed by atoms with Gasteiger partial charge in [-0.3, -0.25) is 9.59 Å². The molecule has 28 heavy (non-hydrogen) atoms. The van der Waals surface area contributed by atoms with Gasteiger partial charge in [0.25, 0.3) is 5.91 Å². The summed E-state index contributed by atoms with van der Waals surface area (Å²) in [5, 5.41) is 0. The molecule has 0 heterocycles. The van der Waals surface area contributed by atoms with E-state index in [-0.39, 0.29) is 42.3 Å². The van der Waals surface area contributed by atoms with E-state index in [0.29, 0.717) is 23.3 Å². The normalized spacial score (nSPS) is 33.0. The Labute approximate surface area is 165 Å². The Balaban J connectivity index is 1.22. The van der Waals surface area contributed by atoms with E-state index in [2.05, 4.69) is 0 Å². The standard InChI is InChI=1S/C23H28FNO3/c24-20-4-2-1-3-18(20)13-25(19-5-6-19)21(26)14-28-22(27)23-10-15-7-16(11-23)9-17(8-15)12-23/h1-4,15-17,19H,5-14H2. The molecule has 5 heteroatoms. The highest BCUT2D eigenvalue weighted by Gasteiger charge is 2.55. The number of nitrogens with zero attached hydrogens (tertiary/aromatic N) is 1. The molecule has 0 unspecified atom stereocenters. The fourth-order valence-corrected chi connectivity index (χ4v) is 6.34. The van der Waals surface area contributed by atoms with Crippen molar-refractivity contribution in [1.29, 1.82) is 0 Å². The molecule has 5 fully saturated rings. The first-order valence-corrected chi connectivity index (χ1v) is 10.7. The van der Waals surface area contributed by atoms with Gasteiger partial charge in [-0.15, -0.1) is 0 Å². The lowest BCUT2D eigenvalue weighted by Gasteiger charge is -2.55. The average Bonchev–Trinajstić information content (AvgIpc) is 3.49. The lowest BCUT2D eigenvalue weighted by molar-refractivity contribution is -0.174. The monoisotopic (exact) mass is 385 g/mol. The molecule has 5 saturated carbocycles. The maximum Gasteiger partial charge on any atom is 0.312 e. The number of halogens is 1. The molecule has 1 aromatic rings. The Hall–Kier alpha value is -1.91. The lowest BCUT2D eigenvalue weighted by atomic mass is 9.49. The zero-order valence-electron chi connectivity index (χ0n) is 16.2. The third-order valence-electron chi connectivity index (χ3n) is 7.40. The summed E-state index contributed by atoms with van der Waals surface area (Å²) in [5.74, 6) is 1.33. The van der Waals surface area contributed by atoms with Crippen LogP contribution in [0.4, 0.5) is 4.39 Å². The van der Waals surface area contributed by atoms with E-state index in [1.54, 1.807) is 23.1 Å². The largest absolute Gasteiger partial charge is 0.455 e. The van der Waals surface area contributed by atoms with Crippen LogP contribution in [-0.4, -0.2) is 29.4 Å². The van der Waals surface area contributed by atoms with Crippen LogP contribution >= 0.6 is 0 Å². The molecule has 0 aliphatic heterocycles. The summed E-state index contributed by atoms with van der Waals surface area (Å²) >= 11 is 0. The Bertz CT molecular complexity index is 753. The summed E-state index contributed by atoms with van der Waals surface area (Å²) < 4.78 is 19.6. The first kappa shape index (κ1) is 18.1. The molecule has 0 aromatic heterocycles. The van der Waals surface area contributed by atoms with E-state index in [9.17, 15) is 14.0 Å². The molecule has 5 aliphatic carbocycles. The van der Waals surface area contributed by atoms with Gasteiger partial charge in [0.15, 0.2) is 6.61 Å². The van der Waals surface area contributed by atoms with E-state index in [0.717, 1.165) is 32.1 Å². The zero-order valence-corrected chi connectivity index (χ0v) is 16.2. The van der Waals surface area contributed by atoms with Crippen LogP contribution in [-0.2, 0) is 20.9 Å². The smallest absolute Gasteiger partial charge is 0.312 e. The Morgan fingerprint density at radius 1 is 1.04 bits per heavy atom. The van der Waals surface area contributed by atoms with Crippen LogP contribution in [0, 0.1) is 29.0 Å². The third kappa shape index (κ3) is 3.33. The van der Waals surface area contributed by atoms with Crippen molar-refractivity contribution in [2.45, 2.75) is 64.0 Å². The number of amides is 1. The highest BCUT2D eigenvalue weighted by atomic mass is 19.1. The molecule has 5 aliphatic rings. The minimum absolute atomic E-state index is 0.144. The molecule has 1 amide bonds. The molecular weight excluding hydrogens is 357 g/mol. The first-order valence-electron chi connectivity index (χ1n) is 10.7. The van der Waals surface area contributed by atoms with Gasteiger partial charge in [0, 0.05) is 18.2 Å². The van der Waals surface area contributed by atoms with Crippen molar-refractivity contribution in [3.8, 4) is 0 Å². The van der Waals surface area contributed by atoms with E-state index in [4.69, 9.17) is 4.74 Å². The quantitative estimate of drug-likeness (QED) is 0.694. The van der Waals surface area contributed by atoms with Crippen molar-refractivity contribution in [1.82, 2.24) is 4.90 Å². The van der Waals surface area contributed by atoms with Gasteiger partial charge in [0.05, 0.1) is 5.41 Å². The predicted molar refractivity (Wildman–Crippen MR) is 102 cm³/mol. The molecule has 0 atom stereocenters. The summed E-state index contributed by atoms with van der Waals surface area (Å²) in [6.45, 7) is 0.0244. The maximum absolute atomic E-state index is 14.0. The highest BCUT2D eigenvalue weighted by Crippen LogP contribution is 2.60. The summed E-state index contributed by atoms with van der Waals surface area (Å²) in [7, 11) is 0. The maximum atomic E-state index is 14.0. The molecule has 0 radical (unpaired) electrons. The van der Waals surface area contributed by atoms with Gasteiger partial charge in [0.2, 0.25) is 0 Å². The van der Waals surface area contributed by atoms with Crippen molar-refractivity contribution < 1.29 is 18.7 Å². The van der Waals surface area contributed by atoms with Gasteiger partial charge < -0.3 is 9.64 Å². The number of carbonyl (C=O) groups excluding carboxylic acids is 2. The van der Waals surface area contributed by atoms with Crippen LogP contribution in [0.1, 0.15) is 56.9 Å². The second-order valence-electron chi connectivity index (χ2n) is 9.62. The molecule has 1 aromatic carbocycles. The van der Waals surface area contributed by atoms with Crippen LogP contribution < -0.4 is 0 Å². The number of ether oxygens (including phenoxy) is 1. The van der Waals surface area contributed by atoms with Crippen LogP contribution in [0.2, 0.25) is 0 Å². The fraction of sp³-hybridized carbons (Fsp3) is 0.652. The molecule has 0 saturated heterocycles. The number of rotatable bonds is 6. The van der Waals surface area contributed by atoms with E-state index < -0.39 is 0 Å². The van der Waals surface area contributed by atoms with E-state index >= 15 is 0 Å². The van der Waals surface area contributed by atoms with Gasteiger partial charge in [0.1, 0.15) is 5.82 Å². The average molecular weight is 385 g/mol. The fourth-order valence-electron chi connectivity index (χ4n) is 6.34. The Morgan fingerprint density at radius 3 is 2.21 bits per heavy atom. The molecular formula is C23H28FNO3. The first-order chi connectivity index (χ1) is 13.5. The zero-order chi connectivity index (χ0) is 19.3. The molecule has 0 N–H and O–H groups in total.